The van der Waals surface area contributed by atoms with Crippen LogP contribution in [0.5, 0.6) is 6.01 Å². The summed E-state index contributed by atoms with van der Waals surface area (Å²) in [5, 5.41) is 8.58. The number of rotatable bonds is 3. The van der Waals surface area contributed by atoms with Crippen LogP contribution < -0.4 is 4.74 Å². The van der Waals surface area contributed by atoms with Crippen LogP contribution in [0.25, 0.3) is 0 Å². The molecule has 1 heterocycles. The second-order valence-corrected chi connectivity index (χ2v) is 2.20. The van der Waals surface area contributed by atoms with Crippen LogP contribution >= 0.6 is 0 Å². The lowest BCUT2D eigenvalue weighted by molar-refractivity contribution is 0.0690. The molecule has 1 N–H and O–H groups in total. The van der Waals surface area contributed by atoms with Gasteiger partial charge in [0.15, 0.2) is 5.69 Å². The third kappa shape index (κ3) is 1.39. The van der Waals surface area contributed by atoms with Crippen molar-refractivity contribution in [3.63, 3.8) is 0 Å². The average molecular weight is 170 g/mol. The molecule has 0 aliphatic rings. The van der Waals surface area contributed by atoms with Gasteiger partial charge in [-0.3, -0.25) is 0 Å². The number of aromatic nitrogens is 2. The Labute approximate surface area is 69.6 Å². The Bertz CT molecular complexity index is 271. The zero-order valence-electron chi connectivity index (χ0n) is 6.94. The minimum Gasteiger partial charge on any atom is -0.476 e. The lowest BCUT2D eigenvalue weighted by Crippen LogP contribution is -1.96. The Kier molecular flexibility index (Phi) is 2.32. The van der Waals surface area contributed by atoms with Gasteiger partial charge >= 0.3 is 5.97 Å². The number of nitrogens with zero attached hydrogens (tertiary/aromatic N) is 2. The largest absolute Gasteiger partial charge is 0.476 e. The maximum atomic E-state index is 10.5. The van der Waals surface area contributed by atoms with Gasteiger partial charge in [-0.2, -0.15) is 4.98 Å². The smallest absolute Gasteiger partial charge is 0.356 e. The van der Waals surface area contributed by atoms with Gasteiger partial charge in [0.25, 0.3) is 6.01 Å². The van der Waals surface area contributed by atoms with E-state index in [4.69, 9.17) is 9.84 Å². The van der Waals surface area contributed by atoms with Gasteiger partial charge in [-0.25, -0.2) is 4.79 Å². The molecule has 1 aromatic rings. The first-order valence-corrected chi connectivity index (χ1v) is 3.53. The zero-order chi connectivity index (χ0) is 9.14. The van der Waals surface area contributed by atoms with E-state index >= 15 is 0 Å². The van der Waals surface area contributed by atoms with E-state index in [1.54, 1.807) is 4.57 Å². The Morgan fingerprint density at radius 3 is 2.83 bits per heavy atom. The summed E-state index contributed by atoms with van der Waals surface area (Å²) in [5.41, 5.74) is 0.00806. The normalized spacial score (nSPS) is 9.83. The summed E-state index contributed by atoms with van der Waals surface area (Å²) in [6.07, 6.45) is 1.45. The van der Waals surface area contributed by atoms with E-state index in [1.165, 1.54) is 13.3 Å². The molecule has 0 fully saturated rings. The molecule has 5 heteroatoms. The highest BCUT2D eigenvalue weighted by molar-refractivity contribution is 5.85. The molecule has 1 rings (SSSR count). The minimum absolute atomic E-state index is 0.00806. The number of carboxylic acids is 1. The fraction of sp³-hybridized carbons (Fsp3) is 0.429. The van der Waals surface area contributed by atoms with Crippen LogP contribution in [0.15, 0.2) is 6.20 Å². The molecule has 12 heavy (non-hydrogen) atoms. The molecule has 0 aromatic carbocycles. The third-order valence-corrected chi connectivity index (χ3v) is 1.48. The molecule has 5 nitrogen and oxygen atoms in total. The second kappa shape index (κ2) is 3.25. The maximum absolute atomic E-state index is 10.5. The van der Waals surface area contributed by atoms with Crippen molar-refractivity contribution < 1.29 is 14.6 Å². The van der Waals surface area contributed by atoms with Crippen molar-refractivity contribution in [1.82, 2.24) is 9.55 Å². The molecule has 0 unspecified atom stereocenters. The molecule has 0 amide bonds. The SMILES string of the molecule is CCn1cc(C(=O)O)nc1OC. The predicted octanol–water partition coefficient (Wildman–Crippen LogP) is 0.610. The highest BCUT2D eigenvalue weighted by Gasteiger charge is 2.11. The summed E-state index contributed by atoms with van der Waals surface area (Å²) in [4.78, 5) is 14.2. The van der Waals surface area contributed by atoms with Crippen molar-refractivity contribution in [1.29, 1.82) is 0 Å². The van der Waals surface area contributed by atoms with Crippen LogP contribution in [0.2, 0.25) is 0 Å². The molecule has 66 valence electrons. The molecule has 0 saturated heterocycles. The summed E-state index contributed by atoms with van der Waals surface area (Å²) in [5.74, 6) is -1.04. The first kappa shape index (κ1) is 8.58. The highest BCUT2D eigenvalue weighted by atomic mass is 16.5. The number of hydrogen-bond acceptors (Lipinski definition) is 3. The molecule has 0 saturated carbocycles. The molecule has 0 radical (unpaired) electrons. The number of carboxylic acid groups (broad SMARTS) is 1. The topological polar surface area (TPSA) is 64.4 Å². The molecular formula is C7H10N2O3. The van der Waals surface area contributed by atoms with Gasteiger partial charge in [-0.1, -0.05) is 0 Å². The van der Waals surface area contributed by atoms with E-state index in [2.05, 4.69) is 4.98 Å². The van der Waals surface area contributed by atoms with E-state index in [1.807, 2.05) is 6.92 Å². The van der Waals surface area contributed by atoms with Gasteiger partial charge in [0.1, 0.15) is 0 Å². The number of aryl methyl sites for hydroxylation is 1. The van der Waals surface area contributed by atoms with E-state index in [0.29, 0.717) is 12.6 Å². The van der Waals surface area contributed by atoms with Gasteiger partial charge in [-0.05, 0) is 6.92 Å². The predicted molar refractivity (Wildman–Crippen MR) is 41.4 cm³/mol. The van der Waals surface area contributed by atoms with Crippen LogP contribution in [-0.2, 0) is 6.54 Å². The first-order chi connectivity index (χ1) is 5.69. The fourth-order valence-corrected chi connectivity index (χ4v) is 0.891. The Morgan fingerprint density at radius 1 is 1.83 bits per heavy atom. The van der Waals surface area contributed by atoms with Crippen LogP contribution in [0.1, 0.15) is 17.4 Å². The fourth-order valence-electron chi connectivity index (χ4n) is 0.891. The summed E-state index contributed by atoms with van der Waals surface area (Å²) >= 11 is 0. The monoisotopic (exact) mass is 170 g/mol. The molecule has 0 atom stereocenters. The number of imidazole rings is 1. The van der Waals surface area contributed by atoms with E-state index < -0.39 is 5.97 Å². The lowest BCUT2D eigenvalue weighted by atomic mass is 10.5. The summed E-state index contributed by atoms with van der Waals surface area (Å²) in [7, 11) is 1.46. The van der Waals surface area contributed by atoms with Crippen molar-refractivity contribution in [3.8, 4) is 6.01 Å². The number of hydrogen-bond donors (Lipinski definition) is 1. The maximum Gasteiger partial charge on any atom is 0.356 e. The van der Waals surface area contributed by atoms with Crippen LogP contribution in [0, 0.1) is 0 Å². The average Bonchev–Trinajstić information content (AvgIpc) is 2.46. The van der Waals surface area contributed by atoms with Crippen molar-refractivity contribution in [2.24, 2.45) is 0 Å². The number of aromatic carboxylic acids is 1. The molecule has 0 spiro atoms. The number of carbonyl (C=O) groups is 1. The summed E-state index contributed by atoms with van der Waals surface area (Å²) < 4.78 is 6.48. The van der Waals surface area contributed by atoms with Gasteiger partial charge in [0, 0.05) is 12.7 Å². The summed E-state index contributed by atoms with van der Waals surface area (Å²) in [6.45, 7) is 2.53. The quantitative estimate of drug-likeness (QED) is 0.721. The van der Waals surface area contributed by atoms with E-state index in [-0.39, 0.29) is 5.69 Å². The van der Waals surface area contributed by atoms with E-state index in [0.717, 1.165) is 0 Å². The number of ether oxygens (including phenoxy) is 1. The molecule has 0 aliphatic carbocycles. The molecular weight excluding hydrogens is 160 g/mol. The van der Waals surface area contributed by atoms with Crippen molar-refractivity contribution in [3.05, 3.63) is 11.9 Å². The van der Waals surface area contributed by atoms with Gasteiger partial charge in [0.05, 0.1) is 7.11 Å². The zero-order valence-corrected chi connectivity index (χ0v) is 6.94. The Hall–Kier alpha value is -1.52. The molecule has 0 aliphatic heterocycles. The van der Waals surface area contributed by atoms with Crippen LogP contribution in [0.3, 0.4) is 0 Å². The minimum atomic E-state index is -1.04. The first-order valence-electron chi connectivity index (χ1n) is 3.53. The number of methoxy groups -OCH3 is 1. The second-order valence-electron chi connectivity index (χ2n) is 2.20. The van der Waals surface area contributed by atoms with Crippen LogP contribution in [-0.4, -0.2) is 27.7 Å². The van der Waals surface area contributed by atoms with Gasteiger partial charge < -0.3 is 14.4 Å². The summed E-state index contributed by atoms with van der Waals surface area (Å²) in [6, 6.07) is 0.329. The highest BCUT2D eigenvalue weighted by Crippen LogP contribution is 2.10. The Morgan fingerprint density at radius 2 is 2.50 bits per heavy atom. The Balaban J connectivity index is 3.05. The van der Waals surface area contributed by atoms with Crippen LogP contribution in [0.4, 0.5) is 0 Å². The van der Waals surface area contributed by atoms with Crippen molar-refractivity contribution in [2.75, 3.05) is 7.11 Å². The lowest BCUT2D eigenvalue weighted by Gasteiger charge is -1.99. The van der Waals surface area contributed by atoms with Crippen molar-refractivity contribution >= 4 is 5.97 Å². The molecule has 1 aromatic heterocycles. The van der Waals surface area contributed by atoms with Gasteiger partial charge in [-0.15, -0.1) is 0 Å². The third-order valence-electron chi connectivity index (χ3n) is 1.48. The van der Waals surface area contributed by atoms with Crippen molar-refractivity contribution in [2.45, 2.75) is 13.5 Å². The van der Waals surface area contributed by atoms with Gasteiger partial charge in [0.2, 0.25) is 0 Å². The van der Waals surface area contributed by atoms with E-state index in [9.17, 15) is 4.79 Å². The standard InChI is InChI=1S/C7H10N2O3/c1-3-9-4-5(6(10)11)8-7(9)12-2/h4H,3H2,1-2H3,(H,10,11). The molecule has 0 bridgehead atoms.